The zero-order chi connectivity index (χ0) is 15.2. The molecule has 21 heavy (non-hydrogen) atoms. The minimum Gasteiger partial charge on any atom is -0.436 e. The highest BCUT2D eigenvalue weighted by molar-refractivity contribution is 5.71. The zero-order valence-electron chi connectivity index (χ0n) is 13.9. The molecular weight excluding hydrogens is 264 g/mol. The zero-order valence-corrected chi connectivity index (χ0v) is 13.9. The lowest BCUT2D eigenvalue weighted by atomic mass is 9.50. The van der Waals surface area contributed by atoms with Gasteiger partial charge in [0, 0.05) is 0 Å². The monoisotopic (exact) mass is 294 g/mol. The smallest absolute Gasteiger partial charge is 0.310 e. The van der Waals surface area contributed by atoms with E-state index in [1.807, 2.05) is 20.8 Å². The van der Waals surface area contributed by atoms with Gasteiger partial charge in [0.1, 0.15) is 0 Å². The third-order valence-corrected chi connectivity index (χ3v) is 6.48. The number of carbonyl (C=O) groups is 1. The van der Waals surface area contributed by atoms with Gasteiger partial charge in [0.2, 0.25) is 6.29 Å². The molecule has 4 saturated carbocycles. The molecule has 0 aromatic rings. The van der Waals surface area contributed by atoms with Gasteiger partial charge < -0.3 is 9.47 Å². The molecule has 0 saturated heterocycles. The summed E-state index contributed by atoms with van der Waals surface area (Å²) < 4.78 is 11.9. The first-order chi connectivity index (χ1) is 9.92. The van der Waals surface area contributed by atoms with E-state index in [1.54, 1.807) is 0 Å². The van der Waals surface area contributed by atoms with Crippen LogP contribution in [-0.4, -0.2) is 17.9 Å². The van der Waals surface area contributed by atoms with E-state index in [2.05, 4.69) is 6.92 Å². The highest BCUT2D eigenvalue weighted by Crippen LogP contribution is 2.59. The largest absolute Gasteiger partial charge is 0.436 e. The van der Waals surface area contributed by atoms with Crippen molar-refractivity contribution in [2.75, 3.05) is 0 Å². The van der Waals surface area contributed by atoms with Crippen LogP contribution in [-0.2, 0) is 14.3 Å². The second kappa shape index (κ2) is 5.57. The summed E-state index contributed by atoms with van der Waals surface area (Å²) in [4.78, 5) is 11.9. The number of carbonyl (C=O) groups excluding carboxylic acids is 1. The van der Waals surface area contributed by atoms with E-state index in [-0.39, 0.29) is 17.5 Å². The summed E-state index contributed by atoms with van der Waals surface area (Å²) in [7, 11) is 0. The first kappa shape index (κ1) is 15.3. The quantitative estimate of drug-likeness (QED) is 0.564. The van der Waals surface area contributed by atoms with Crippen molar-refractivity contribution in [2.45, 2.75) is 78.1 Å². The molecule has 4 aliphatic carbocycles. The Bertz CT molecular complexity index is 375. The molecule has 0 amide bonds. The first-order valence-electron chi connectivity index (χ1n) is 8.80. The van der Waals surface area contributed by atoms with Gasteiger partial charge in [-0.15, -0.1) is 0 Å². The van der Waals surface area contributed by atoms with E-state index in [4.69, 9.17) is 9.47 Å². The number of esters is 1. The molecule has 0 spiro atoms. The third-order valence-electron chi connectivity index (χ3n) is 6.48. The van der Waals surface area contributed by atoms with Crippen LogP contribution in [0, 0.1) is 29.6 Å². The summed E-state index contributed by atoms with van der Waals surface area (Å²) in [5.74, 6) is 3.03. The maximum absolute atomic E-state index is 11.9. The molecule has 0 aromatic heterocycles. The molecule has 0 aliphatic heterocycles. The summed E-state index contributed by atoms with van der Waals surface area (Å²) in [6.45, 7) is 8.08. The fourth-order valence-electron chi connectivity index (χ4n) is 5.14. The van der Waals surface area contributed by atoms with Crippen LogP contribution < -0.4 is 0 Å². The molecule has 0 aromatic carbocycles. The topological polar surface area (TPSA) is 35.5 Å². The average Bonchev–Trinajstić information content (AvgIpc) is 2.43. The van der Waals surface area contributed by atoms with E-state index in [0.717, 1.165) is 18.3 Å². The maximum atomic E-state index is 11.9. The Morgan fingerprint density at radius 3 is 2.10 bits per heavy atom. The predicted octanol–water partition coefficient (Wildman–Crippen LogP) is 4.15. The van der Waals surface area contributed by atoms with Gasteiger partial charge in [0.25, 0.3) is 0 Å². The first-order valence-corrected chi connectivity index (χ1v) is 8.80. The lowest BCUT2D eigenvalue weighted by Gasteiger charge is -2.59. The molecule has 4 aliphatic rings. The van der Waals surface area contributed by atoms with E-state index in [0.29, 0.717) is 11.8 Å². The summed E-state index contributed by atoms with van der Waals surface area (Å²) in [5.41, 5.74) is -0.0808. The molecule has 0 radical (unpaired) electrons. The van der Waals surface area contributed by atoms with Crippen molar-refractivity contribution in [3.05, 3.63) is 0 Å². The molecule has 3 heteroatoms. The molecule has 4 bridgehead atoms. The highest BCUT2D eigenvalue weighted by Gasteiger charge is 2.56. The van der Waals surface area contributed by atoms with Crippen LogP contribution in [0.2, 0.25) is 0 Å². The second-order valence-corrected chi connectivity index (χ2v) is 7.92. The number of hydrogen-bond acceptors (Lipinski definition) is 3. The van der Waals surface area contributed by atoms with Crippen LogP contribution in [0.5, 0.6) is 0 Å². The molecule has 4 fully saturated rings. The summed E-state index contributed by atoms with van der Waals surface area (Å²) >= 11 is 0. The Kier molecular flexibility index (Phi) is 4.06. The molecule has 0 heterocycles. The molecule has 4 rings (SSSR count). The van der Waals surface area contributed by atoms with E-state index in [1.165, 1.54) is 32.1 Å². The van der Waals surface area contributed by atoms with Crippen LogP contribution >= 0.6 is 0 Å². The van der Waals surface area contributed by atoms with Gasteiger partial charge in [-0.3, -0.25) is 4.79 Å². The fraction of sp³-hybridized carbons (Fsp3) is 0.944. The van der Waals surface area contributed by atoms with Crippen molar-refractivity contribution < 1.29 is 14.3 Å². The minimum atomic E-state index is -0.422. The van der Waals surface area contributed by atoms with Crippen molar-refractivity contribution >= 4 is 5.97 Å². The lowest BCUT2D eigenvalue weighted by Crippen LogP contribution is -2.58. The van der Waals surface area contributed by atoms with Crippen molar-refractivity contribution in [2.24, 2.45) is 29.6 Å². The van der Waals surface area contributed by atoms with E-state index < -0.39 is 6.29 Å². The maximum Gasteiger partial charge on any atom is 0.310 e. The molecule has 2 unspecified atom stereocenters. The summed E-state index contributed by atoms with van der Waals surface area (Å²) in [6, 6.07) is 0. The standard InChI is InChI=1S/C18H30O3/c1-5-11(2)17(19)20-12(3)21-18(4)15-7-13-6-14(9-15)10-16(18)8-13/h11-16H,5-10H2,1-4H3. The van der Waals surface area contributed by atoms with Gasteiger partial charge in [0.15, 0.2) is 0 Å². The van der Waals surface area contributed by atoms with Gasteiger partial charge in [-0.25, -0.2) is 0 Å². The number of ether oxygens (including phenoxy) is 2. The second-order valence-electron chi connectivity index (χ2n) is 7.92. The summed E-state index contributed by atoms with van der Waals surface area (Å²) in [5, 5.41) is 0. The van der Waals surface area contributed by atoms with Gasteiger partial charge in [0.05, 0.1) is 11.5 Å². The Hall–Kier alpha value is -0.570. The average molecular weight is 294 g/mol. The van der Waals surface area contributed by atoms with E-state index in [9.17, 15) is 4.79 Å². The third kappa shape index (κ3) is 2.74. The number of hydrogen-bond donors (Lipinski definition) is 0. The Labute approximate surface area is 128 Å². The van der Waals surface area contributed by atoms with Crippen LogP contribution in [0.15, 0.2) is 0 Å². The Balaban J connectivity index is 1.62. The van der Waals surface area contributed by atoms with E-state index >= 15 is 0 Å². The van der Waals surface area contributed by atoms with Crippen LogP contribution in [0.4, 0.5) is 0 Å². The van der Waals surface area contributed by atoms with Gasteiger partial charge in [-0.1, -0.05) is 13.8 Å². The van der Waals surface area contributed by atoms with Crippen molar-refractivity contribution in [1.82, 2.24) is 0 Å². The molecule has 2 atom stereocenters. The Morgan fingerprint density at radius 1 is 1.10 bits per heavy atom. The lowest BCUT2D eigenvalue weighted by molar-refractivity contribution is -0.264. The normalized spacial score (nSPS) is 43.6. The van der Waals surface area contributed by atoms with Crippen molar-refractivity contribution in [3.63, 3.8) is 0 Å². The molecule has 3 nitrogen and oxygen atoms in total. The van der Waals surface area contributed by atoms with Crippen LogP contribution in [0.1, 0.15) is 66.2 Å². The number of rotatable bonds is 5. The van der Waals surface area contributed by atoms with Crippen LogP contribution in [0.3, 0.4) is 0 Å². The minimum absolute atomic E-state index is 0.0395. The van der Waals surface area contributed by atoms with Gasteiger partial charge in [-0.05, 0) is 76.0 Å². The SMILES string of the molecule is CCC(C)C(=O)OC(C)OC1(C)C2CC3CC(C2)CC1C3. The fourth-order valence-corrected chi connectivity index (χ4v) is 5.14. The highest BCUT2D eigenvalue weighted by atomic mass is 16.7. The molecule has 120 valence electrons. The van der Waals surface area contributed by atoms with Crippen LogP contribution in [0.25, 0.3) is 0 Å². The van der Waals surface area contributed by atoms with Gasteiger partial charge in [-0.2, -0.15) is 0 Å². The predicted molar refractivity (Wildman–Crippen MR) is 81.5 cm³/mol. The summed E-state index contributed by atoms with van der Waals surface area (Å²) in [6.07, 6.45) is 7.10. The Morgan fingerprint density at radius 2 is 1.62 bits per heavy atom. The molecular formula is C18H30O3. The van der Waals surface area contributed by atoms with Crippen molar-refractivity contribution in [1.29, 1.82) is 0 Å². The van der Waals surface area contributed by atoms with Crippen molar-refractivity contribution in [3.8, 4) is 0 Å². The van der Waals surface area contributed by atoms with Gasteiger partial charge >= 0.3 is 5.97 Å². The molecule has 0 N–H and O–H groups in total.